The van der Waals surface area contributed by atoms with Crippen molar-refractivity contribution < 1.29 is 14.1 Å². The van der Waals surface area contributed by atoms with E-state index in [2.05, 4.69) is 14.9 Å². The molecule has 1 atom stereocenters. The maximum Gasteiger partial charge on any atom is 0.322 e. The number of hydrogen-bond acceptors (Lipinski definition) is 7. The highest BCUT2D eigenvalue weighted by Gasteiger charge is 2.29. The Kier molecular flexibility index (Phi) is 4.60. The van der Waals surface area contributed by atoms with Crippen molar-refractivity contribution in [2.24, 2.45) is 5.73 Å². The highest BCUT2D eigenvalue weighted by molar-refractivity contribution is 7.98. The van der Waals surface area contributed by atoms with Gasteiger partial charge in [0, 0.05) is 5.92 Å². The van der Waals surface area contributed by atoms with Crippen LogP contribution in [0.3, 0.4) is 0 Å². The van der Waals surface area contributed by atoms with Crippen molar-refractivity contribution in [3.8, 4) is 0 Å². The zero-order valence-electron chi connectivity index (χ0n) is 10.3. The molecule has 1 fully saturated rings. The lowest BCUT2D eigenvalue weighted by molar-refractivity contribution is -0.142. The van der Waals surface area contributed by atoms with Gasteiger partial charge in [-0.05, 0) is 25.0 Å². The summed E-state index contributed by atoms with van der Waals surface area (Å²) in [5.74, 6) is 3.05. The van der Waals surface area contributed by atoms with Gasteiger partial charge in [0.15, 0.2) is 5.82 Å². The minimum atomic E-state index is -0.546. The van der Waals surface area contributed by atoms with Gasteiger partial charge in [-0.2, -0.15) is 16.7 Å². The minimum absolute atomic E-state index is 0.369. The van der Waals surface area contributed by atoms with E-state index in [0.717, 1.165) is 24.5 Å². The van der Waals surface area contributed by atoms with Gasteiger partial charge in [-0.1, -0.05) is 5.16 Å². The van der Waals surface area contributed by atoms with E-state index in [9.17, 15) is 4.79 Å². The van der Waals surface area contributed by atoms with Gasteiger partial charge in [-0.25, -0.2) is 0 Å². The van der Waals surface area contributed by atoms with Crippen LogP contribution in [0, 0.1) is 0 Å². The molecule has 1 aromatic heterocycles. The van der Waals surface area contributed by atoms with Crippen LogP contribution < -0.4 is 5.73 Å². The van der Waals surface area contributed by atoms with Crippen LogP contribution >= 0.6 is 11.8 Å². The molecule has 0 saturated heterocycles. The highest BCUT2D eigenvalue weighted by Crippen LogP contribution is 2.38. The number of carbonyl (C=O) groups is 1. The molecule has 0 amide bonds. The molecular weight excluding hydrogens is 254 g/mol. The molecule has 100 valence electrons. The summed E-state index contributed by atoms with van der Waals surface area (Å²) in [6.45, 7) is 0. The van der Waals surface area contributed by atoms with E-state index in [1.54, 1.807) is 11.8 Å². The molecule has 7 heteroatoms. The van der Waals surface area contributed by atoms with Gasteiger partial charge in [0.2, 0.25) is 5.89 Å². The van der Waals surface area contributed by atoms with Gasteiger partial charge in [0.05, 0.1) is 12.9 Å². The standard InChI is InChI=1S/C11H17N3O3S/c1-16-11(15)8(12)4-5-18-6-9-13-10(17-14-9)7-2-3-7/h7-8H,2-6,12H2,1H3. The van der Waals surface area contributed by atoms with Crippen LogP contribution in [0.4, 0.5) is 0 Å². The second-order valence-corrected chi connectivity index (χ2v) is 5.40. The number of methoxy groups -OCH3 is 1. The number of aromatic nitrogens is 2. The van der Waals surface area contributed by atoms with E-state index < -0.39 is 6.04 Å². The molecule has 1 aliphatic rings. The summed E-state index contributed by atoms with van der Waals surface area (Å²) in [5, 5.41) is 3.92. The SMILES string of the molecule is COC(=O)C(N)CCSCc1noc(C2CC2)n1. The van der Waals surface area contributed by atoms with Crippen LogP contribution in [0.1, 0.15) is 36.9 Å². The maximum absolute atomic E-state index is 11.1. The Bertz CT molecular complexity index is 406. The zero-order valence-corrected chi connectivity index (χ0v) is 11.1. The Morgan fingerprint density at radius 3 is 3.11 bits per heavy atom. The van der Waals surface area contributed by atoms with Crippen LogP contribution in [-0.2, 0) is 15.3 Å². The molecule has 0 spiro atoms. The fourth-order valence-electron chi connectivity index (χ4n) is 1.47. The van der Waals surface area contributed by atoms with Crippen LogP contribution in [0.15, 0.2) is 4.52 Å². The fraction of sp³-hybridized carbons (Fsp3) is 0.727. The molecule has 18 heavy (non-hydrogen) atoms. The first kappa shape index (κ1) is 13.4. The largest absolute Gasteiger partial charge is 0.468 e. The average molecular weight is 271 g/mol. The maximum atomic E-state index is 11.1. The highest BCUT2D eigenvalue weighted by atomic mass is 32.2. The Balaban J connectivity index is 1.63. The summed E-state index contributed by atoms with van der Waals surface area (Å²) in [6.07, 6.45) is 2.90. The normalized spacial score (nSPS) is 16.6. The quantitative estimate of drug-likeness (QED) is 0.586. The summed E-state index contributed by atoms with van der Waals surface area (Å²) in [5.41, 5.74) is 5.62. The Labute approximate surface area is 110 Å². The number of ether oxygens (including phenoxy) is 1. The predicted octanol–water partition coefficient (Wildman–Crippen LogP) is 1.07. The Hall–Kier alpha value is -1.08. The van der Waals surface area contributed by atoms with Gasteiger partial charge in [-0.3, -0.25) is 4.79 Å². The van der Waals surface area contributed by atoms with Gasteiger partial charge in [-0.15, -0.1) is 0 Å². The molecule has 0 aliphatic heterocycles. The molecule has 0 radical (unpaired) electrons. The van der Waals surface area contributed by atoms with Crippen molar-refractivity contribution in [2.45, 2.75) is 37.0 Å². The van der Waals surface area contributed by atoms with Gasteiger partial charge >= 0.3 is 5.97 Å². The summed E-state index contributed by atoms with van der Waals surface area (Å²) in [7, 11) is 1.34. The number of thioether (sulfide) groups is 1. The van der Waals surface area contributed by atoms with Crippen molar-refractivity contribution in [1.29, 1.82) is 0 Å². The van der Waals surface area contributed by atoms with Gasteiger partial charge < -0.3 is 15.0 Å². The topological polar surface area (TPSA) is 91.2 Å². The minimum Gasteiger partial charge on any atom is -0.468 e. The molecule has 0 bridgehead atoms. The van der Waals surface area contributed by atoms with E-state index in [1.807, 2.05) is 0 Å². The van der Waals surface area contributed by atoms with Crippen LogP contribution in [0.2, 0.25) is 0 Å². The number of esters is 1. The number of carbonyl (C=O) groups excluding carboxylic acids is 1. The summed E-state index contributed by atoms with van der Waals surface area (Å²) in [4.78, 5) is 15.4. The Morgan fingerprint density at radius 2 is 2.44 bits per heavy atom. The van der Waals surface area contributed by atoms with Crippen molar-refractivity contribution in [2.75, 3.05) is 12.9 Å². The first-order chi connectivity index (χ1) is 8.70. The van der Waals surface area contributed by atoms with Gasteiger partial charge in [0.1, 0.15) is 6.04 Å². The third kappa shape index (κ3) is 3.71. The number of nitrogens with two attached hydrogens (primary N) is 1. The monoisotopic (exact) mass is 271 g/mol. The van der Waals surface area contributed by atoms with E-state index in [-0.39, 0.29) is 5.97 Å². The smallest absolute Gasteiger partial charge is 0.322 e. The van der Waals surface area contributed by atoms with Crippen molar-refractivity contribution in [1.82, 2.24) is 10.1 Å². The van der Waals surface area contributed by atoms with Crippen molar-refractivity contribution in [3.63, 3.8) is 0 Å². The lowest BCUT2D eigenvalue weighted by atomic mass is 10.2. The fourth-order valence-corrected chi connectivity index (χ4v) is 2.33. The van der Waals surface area contributed by atoms with E-state index in [4.69, 9.17) is 10.3 Å². The second-order valence-electron chi connectivity index (χ2n) is 4.29. The van der Waals surface area contributed by atoms with Gasteiger partial charge in [0.25, 0.3) is 0 Å². The van der Waals surface area contributed by atoms with Crippen LogP contribution in [0.25, 0.3) is 0 Å². The molecule has 1 saturated carbocycles. The molecule has 6 nitrogen and oxygen atoms in total. The lowest BCUT2D eigenvalue weighted by Gasteiger charge is -2.07. The molecule has 2 rings (SSSR count). The molecule has 1 heterocycles. The average Bonchev–Trinajstić information content (AvgIpc) is 3.13. The van der Waals surface area contributed by atoms with E-state index in [0.29, 0.717) is 23.9 Å². The number of rotatable bonds is 7. The van der Waals surface area contributed by atoms with Crippen molar-refractivity contribution >= 4 is 17.7 Å². The lowest BCUT2D eigenvalue weighted by Crippen LogP contribution is -2.31. The molecular formula is C11H17N3O3S. The summed E-state index contributed by atoms with van der Waals surface area (Å²) in [6, 6.07) is -0.546. The first-order valence-electron chi connectivity index (χ1n) is 5.94. The summed E-state index contributed by atoms with van der Waals surface area (Å²) < 4.78 is 9.70. The van der Waals surface area contributed by atoms with Crippen molar-refractivity contribution in [3.05, 3.63) is 11.7 Å². The molecule has 1 unspecified atom stereocenters. The third-order valence-corrected chi connectivity index (χ3v) is 3.71. The molecule has 0 aromatic carbocycles. The van der Waals surface area contributed by atoms with E-state index >= 15 is 0 Å². The zero-order chi connectivity index (χ0) is 13.0. The molecule has 1 aliphatic carbocycles. The van der Waals surface area contributed by atoms with Crippen LogP contribution in [0.5, 0.6) is 0 Å². The third-order valence-electron chi connectivity index (χ3n) is 2.72. The predicted molar refractivity (Wildman–Crippen MR) is 67.0 cm³/mol. The summed E-state index contributed by atoms with van der Waals surface area (Å²) >= 11 is 1.64. The van der Waals surface area contributed by atoms with Crippen LogP contribution in [-0.4, -0.2) is 35.0 Å². The first-order valence-corrected chi connectivity index (χ1v) is 7.10. The molecule has 2 N–H and O–H groups in total. The molecule has 1 aromatic rings. The Morgan fingerprint density at radius 1 is 1.67 bits per heavy atom. The number of hydrogen-bond donors (Lipinski definition) is 1. The van der Waals surface area contributed by atoms with E-state index in [1.165, 1.54) is 7.11 Å². The second kappa shape index (κ2) is 6.19. The number of nitrogens with zero attached hydrogens (tertiary/aromatic N) is 2.